The molecule has 98 valence electrons. The van der Waals surface area contributed by atoms with E-state index in [4.69, 9.17) is 15.2 Å². The number of carbonyl (C=O) groups is 1. The molecule has 2 rings (SSSR count). The molecule has 5 nitrogen and oxygen atoms in total. The van der Waals surface area contributed by atoms with Crippen LogP contribution >= 0.6 is 0 Å². The third-order valence-electron chi connectivity index (χ3n) is 2.80. The summed E-state index contributed by atoms with van der Waals surface area (Å²) in [7, 11) is 0. The Morgan fingerprint density at radius 3 is 2.83 bits per heavy atom. The van der Waals surface area contributed by atoms with Crippen molar-refractivity contribution in [1.29, 1.82) is 0 Å². The Hall–Kier alpha value is -1.59. The van der Waals surface area contributed by atoms with Crippen molar-refractivity contribution in [3.63, 3.8) is 0 Å². The van der Waals surface area contributed by atoms with E-state index in [1.165, 1.54) is 0 Å². The number of amides is 1. The first-order valence-electron chi connectivity index (χ1n) is 6.06. The van der Waals surface area contributed by atoms with Crippen LogP contribution in [-0.2, 0) is 4.74 Å². The van der Waals surface area contributed by atoms with Crippen molar-refractivity contribution in [1.82, 2.24) is 4.90 Å². The number of hydrogen-bond donors (Lipinski definition) is 1. The lowest BCUT2D eigenvalue weighted by Gasteiger charge is -2.35. The molecular formula is C13H18N2O3. The number of benzene rings is 1. The summed E-state index contributed by atoms with van der Waals surface area (Å²) in [5.41, 5.74) is 5.58. The first-order valence-corrected chi connectivity index (χ1v) is 6.06. The van der Waals surface area contributed by atoms with E-state index in [1.807, 2.05) is 25.1 Å². The fourth-order valence-corrected chi connectivity index (χ4v) is 1.98. The lowest BCUT2D eigenvalue weighted by Crippen LogP contribution is -2.52. The van der Waals surface area contributed by atoms with Crippen LogP contribution in [0.5, 0.6) is 5.75 Å². The van der Waals surface area contributed by atoms with Gasteiger partial charge in [0, 0.05) is 6.54 Å². The Morgan fingerprint density at radius 2 is 2.17 bits per heavy atom. The number of nitrogens with two attached hydrogens (primary N) is 1. The Labute approximate surface area is 106 Å². The minimum Gasteiger partial charge on any atom is -0.410 e. The molecule has 1 fully saturated rings. The van der Waals surface area contributed by atoms with Crippen LogP contribution < -0.4 is 10.5 Å². The van der Waals surface area contributed by atoms with Crippen molar-refractivity contribution in [2.24, 2.45) is 5.73 Å². The fourth-order valence-electron chi connectivity index (χ4n) is 1.98. The summed E-state index contributed by atoms with van der Waals surface area (Å²) in [6, 6.07) is 9.03. The van der Waals surface area contributed by atoms with Gasteiger partial charge in [-0.2, -0.15) is 0 Å². The molecule has 0 bridgehead atoms. The Bertz CT molecular complexity index is 396. The summed E-state index contributed by atoms with van der Waals surface area (Å²) in [5.74, 6) is 0.547. The standard InChI is InChI=1S/C13H18N2O3/c1-10-8-15(9-12(7-14)17-10)13(16)18-11-5-3-2-4-6-11/h2-6,10,12H,7-9,14H2,1H3. The van der Waals surface area contributed by atoms with E-state index in [1.54, 1.807) is 17.0 Å². The van der Waals surface area contributed by atoms with Crippen LogP contribution in [0.15, 0.2) is 30.3 Å². The topological polar surface area (TPSA) is 64.8 Å². The number of morpholine rings is 1. The molecule has 0 spiro atoms. The van der Waals surface area contributed by atoms with Gasteiger partial charge in [0.25, 0.3) is 0 Å². The van der Waals surface area contributed by atoms with Gasteiger partial charge in [-0.1, -0.05) is 18.2 Å². The highest BCUT2D eigenvalue weighted by Gasteiger charge is 2.28. The van der Waals surface area contributed by atoms with E-state index in [2.05, 4.69) is 0 Å². The van der Waals surface area contributed by atoms with E-state index in [0.29, 0.717) is 25.4 Å². The molecule has 1 aromatic carbocycles. The maximum Gasteiger partial charge on any atom is 0.415 e. The molecule has 1 aliphatic rings. The maximum absolute atomic E-state index is 12.0. The first kappa shape index (κ1) is 12.9. The molecule has 0 radical (unpaired) electrons. The summed E-state index contributed by atoms with van der Waals surface area (Å²) in [6.07, 6.45) is -0.484. The van der Waals surface area contributed by atoms with Gasteiger partial charge < -0.3 is 20.1 Å². The van der Waals surface area contributed by atoms with Gasteiger partial charge in [-0.3, -0.25) is 0 Å². The zero-order valence-corrected chi connectivity index (χ0v) is 10.4. The molecular weight excluding hydrogens is 232 g/mol. The van der Waals surface area contributed by atoms with Gasteiger partial charge in [-0.05, 0) is 19.1 Å². The molecule has 1 aliphatic heterocycles. The van der Waals surface area contributed by atoms with Crippen LogP contribution in [0.1, 0.15) is 6.92 Å². The molecule has 1 saturated heterocycles. The Morgan fingerprint density at radius 1 is 1.44 bits per heavy atom. The number of para-hydroxylation sites is 1. The summed E-state index contributed by atoms with van der Waals surface area (Å²) in [6.45, 7) is 3.33. The van der Waals surface area contributed by atoms with Crippen molar-refractivity contribution >= 4 is 6.09 Å². The highest BCUT2D eigenvalue weighted by molar-refractivity contribution is 5.70. The van der Waals surface area contributed by atoms with Crippen molar-refractivity contribution in [3.05, 3.63) is 30.3 Å². The van der Waals surface area contributed by atoms with Crippen LogP contribution in [0.4, 0.5) is 4.79 Å². The average Bonchev–Trinajstić information content (AvgIpc) is 2.39. The van der Waals surface area contributed by atoms with Crippen molar-refractivity contribution < 1.29 is 14.3 Å². The fraction of sp³-hybridized carbons (Fsp3) is 0.462. The summed E-state index contributed by atoms with van der Waals surface area (Å²) in [4.78, 5) is 13.6. The smallest absolute Gasteiger partial charge is 0.410 e. The predicted molar refractivity (Wildman–Crippen MR) is 67.4 cm³/mol. The molecule has 1 amide bonds. The second-order valence-electron chi connectivity index (χ2n) is 4.39. The van der Waals surface area contributed by atoms with Gasteiger partial charge in [-0.25, -0.2) is 4.79 Å². The average molecular weight is 250 g/mol. The molecule has 18 heavy (non-hydrogen) atoms. The Balaban J connectivity index is 1.96. The number of hydrogen-bond acceptors (Lipinski definition) is 4. The molecule has 0 saturated carbocycles. The van der Waals surface area contributed by atoms with E-state index in [9.17, 15) is 4.79 Å². The highest BCUT2D eigenvalue weighted by atomic mass is 16.6. The van der Waals surface area contributed by atoms with E-state index >= 15 is 0 Å². The van der Waals surface area contributed by atoms with Crippen LogP contribution in [-0.4, -0.2) is 42.8 Å². The van der Waals surface area contributed by atoms with Gasteiger partial charge in [0.1, 0.15) is 5.75 Å². The molecule has 5 heteroatoms. The quantitative estimate of drug-likeness (QED) is 0.857. The summed E-state index contributed by atoms with van der Waals surface area (Å²) in [5, 5.41) is 0. The lowest BCUT2D eigenvalue weighted by molar-refractivity contribution is -0.0633. The summed E-state index contributed by atoms with van der Waals surface area (Å²) < 4.78 is 10.9. The number of carbonyl (C=O) groups excluding carboxylic acids is 1. The molecule has 2 N–H and O–H groups in total. The van der Waals surface area contributed by atoms with Crippen molar-refractivity contribution in [3.8, 4) is 5.75 Å². The SMILES string of the molecule is CC1CN(C(=O)Oc2ccccc2)CC(CN)O1. The molecule has 0 aromatic heterocycles. The number of nitrogens with zero attached hydrogens (tertiary/aromatic N) is 1. The molecule has 1 aromatic rings. The van der Waals surface area contributed by atoms with Crippen molar-refractivity contribution in [2.75, 3.05) is 19.6 Å². The summed E-state index contributed by atoms with van der Waals surface area (Å²) >= 11 is 0. The predicted octanol–water partition coefficient (Wildman–Crippen LogP) is 1.23. The highest BCUT2D eigenvalue weighted by Crippen LogP contribution is 2.14. The lowest BCUT2D eigenvalue weighted by atomic mass is 10.2. The molecule has 0 aliphatic carbocycles. The largest absolute Gasteiger partial charge is 0.415 e. The minimum absolute atomic E-state index is 0.0179. The monoisotopic (exact) mass is 250 g/mol. The van der Waals surface area contributed by atoms with Crippen LogP contribution in [0, 0.1) is 0 Å². The first-order chi connectivity index (χ1) is 8.69. The van der Waals surface area contributed by atoms with Gasteiger partial charge in [0.2, 0.25) is 0 Å². The number of rotatable bonds is 2. The van der Waals surface area contributed by atoms with E-state index < -0.39 is 0 Å². The van der Waals surface area contributed by atoms with Gasteiger partial charge >= 0.3 is 6.09 Å². The zero-order valence-electron chi connectivity index (χ0n) is 10.4. The van der Waals surface area contributed by atoms with Crippen LogP contribution in [0.2, 0.25) is 0 Å². The third kappa shape index (κ3) is 3.21. The minimum atomic E-state index is -0.352. The normalized spacial score (nSPS) is 23.8. The molecule has 2 unspecified atom stereocenters. The Kier molecular flexibility index (Phi) is 4.17. The van der Waals surface area contributed by atoms with Gasteiger partial charge in [0.05, 0.1) is 25.3 Å². The molecule has 2 atom stereocenters. The molecule has 1 heterocycles. The second kappa shape index (κ2) is 5.84. The maximum atomic E-state index is 12.0. The van der Waals surface area contributed by atoms with Crippen LogP contribution in [0.3, 0.4) is 0 Å². The third-order valence-corrected chi connectivity index (χ3v) is 2.80. The van der Waals surface area contributed by atoms with Gasteiger partial charge in [0.15, 0.2) is 0 Å². The van der Waals surface area contributed by atoms with Crippen LogP contribution in [0.25, 0.3) is 0 Å². The van der Waals surface area contributed by atoms with Gasteiger partial charge in [-0.15, -0.1) is 0 Å². The second-order valence-corrected chi connectivity index (χ2v) is 4.39. The van der Waals surface area contributed by atoms with E-state index in [0.717, 1.165) is 0 Å². The van der Waals surface area contributed by atoms with Crippen molar-refractivity contribution in [2.45, 2.75) is 19.1 Å². The van der Waals surface area contributed by atoms with E-state index in [-0.39, 0.29) is 18.3 Å². The number of ether oxygens (including phenoxy) is 2. The zero-order chi connectivity index (χ0) is 13.0.